The highest BCUT2D eigenvalue weighted by molar-refractivity contribution is 8.00. The van der Waals surface area contributed by atoms with E-state index in [2.05, 4.69) is 16.3 Å². The molecular formula is C17H28N6OS. The van der Waals surface area contributed by atoms with Gasteiger partial charge in [-0.2, -0.15) is 5.26 Å². The summed E-state index contributed by atoms with van der Waals surface area (Å²) in [6.45, 7) is 7.85. The average Bonchev–Trinajstić information content (AvgIpc) is 2.94. The van der Waals surface area contributed by atoms with E-state index in [9.17, 15) is 10.1 Å². The summed E-state index contributed by atoms with van der Waals surface area (Å²) in [5.74, 6) is 6.70. The summed E-state index contributed by atoms with van der Waals surface area (Å²) >= 11 is 1.28. The van der Waals surface area contributed by atoms with Crippen molar-refractivity contribution < 1.29 is 4.79 Å². The van der Waals surface area contributed by atoms with Crippen molar-refractivity contribution in [2.24, 2.45) is 0 Å². The number of rotatable bonds is 4. The van der Waals surface area contributed by atoms with Gasteiger partial charge in [0.1, 0.15) is 5.54 Å². The molecule has 1 aliphatic rings. The number of carbonyl (C=O) groups excluding carboxylic acids is 1. The molecule has 1 heterocycles. The molecule has 1 saturated carbocycles. The number of hydrogen-bond donors (Lipinski definition) is 1. The molecular weight excluding hydrogens is 336 g/mol. The number of nitrogen functional groups attached to an aromatic ring is 1. The minimum Gasteiger partial charge on any atom is -0.336 e. The fourth-order valence-electron chi connectivity index (χ4n) is 3.22. The third-order valence-electron chi connectivity index (χ3n) is 4.83. The summed E-state index contributed by atoms with van der Waals surface area (Å²) in [5.41, 5.74) is -0.908. The molecule has 2 rings (SSSR count). The van der Waals surface area contributed by atoms with Gasteiger partial charge in [-0.25, -0.2) is 4.68 Å². The highest BCUT2D eigenvalue weighted by Gasteiger charge is 2.40. The molecule has 0 spiro atoms. The maximum Gasteiger partial charge on any atom is 0.236 e. The molecule has 0 aliphatic heterocycles. The zero-order valence-electron chi connectivity index (χ0n) is 15.7. The number of aromatic nitrogens is 3. The van der Waals surface area contributed by atoms with Gasteiger partial charge in [-0.1, -0.05) is 51.8 Å². The Kier molecular flexibility index (Phi) is 5.67. The molecule has 1 fully saturated rings. The molecule has 25 heavy (non-hydrogen) atoms. The normalized spacial score (nSPS) is 18.4. The second-order valence-corrected chi connectivity index (χ2v) is 9.10. The maximum atomic E-state index is 12.9. The first kappa shape index (κ1) is 19.6. The first-order chi connectivity index (χ1) is 11.6. The van der Waals surface area contributed by atoms with Crippen molar-refractivity contribution in [1.82, 2.24) is 19.8 Å². The average molecular weight is 365 g/mol. The van der Waals surface area contributed by atoms with Crippen LogP contribution in [0.2, 0.25) is 0 Å². The zero-order chi connectivity index (χ0) is 18.8. The highest BCUT2D eigenvalue weighted by atomic mass is 32.2. The van der Waals surface area contributed by atoms with Gasteiger partial charge < -0.3 is 10.7 Å². The third-order valence-corrected chi connectivity index (χ3v) is 5.87. The van der Waals surface area contributed by atoms with Crippen LogP contribution in [0.25, 0.3) is 0 Å². The molecule has 0 aromatic carbocycles. The Balaban J connectivity index is 2.13. The number of nitrogens with zero attached hydrogens (tertiary/aromatic N) is 5. The van der Waals surface area contributed by atoms with Crippen LogP contribution in [-0.4, -0.2) is 43.5 Å². The van der Waals surface area contributed by atoms with Gasteiger partial charge in [0.05, 0.1) is 11.3 Å². The van der Waals surface area contributed by atoms with E-state index in [1.54, 1.807) is 11.9 Å². The molecule has 1 amide bonds. The number of amides is 1. The fraction of sp³-hybridized carbons (Fsp3) is 0.765. The maximum absolute atomic E-state index is 12.9. The first-order valence-corrected chi connectivity index (χ1v) is 9.57. The Labute approximate surface area is 153 Å². The Morgan fingerprint density at radius 1 is 1.36 bits per heavy atom. The first-order valence-electron chi connectivity index (χ1n) is 8.69. The number of thioether (sulfide) groups is 1. The largest absolute Gasteiger partial charge is 0.336 e. The van der Waals surface area contributed by atoms with Crippen LogP contribution in [-0.2, 0) is 10.2 Å². The number of hydrogen-bond acceptors (Lipinski definition) is 6. The van der Waals surface area contributed by atoms with Crippen LogP contribution >= 0.6 is 11.8 Å². The molecule has 0 unspecified atom stereocenters. The lowest BCUT2D eigenvalue weighted by molar-refractivity contribution is -0.133. The smallest absolute Gasteiger partial charge is 0.236 e. The number of nitrogens with two attached hydrogens (primary N) is 1. The molecule has 1 aromatic rings. The summed E-state index contributed by atoms with van der Waals surface area (Å²) in [4.78, 5) is 14.5. The second-order valence-electron chi connectivity index (χ2n) is 7.79. The molecule has 0 radical (unpaired) electrons. The molecule has 1 atom stereocenters. The second kappa shape index (κ2) is 7.24. The molecule has 0 bridgehead atoms. The standard InChI is InChI=1S/C17H28N6OS/c1-12(25-15-21-20-14(23(15)19)16(2,3)4)13(24)22(5)17(11-18)9-7-6-8-10-17/h12H,6-10,19H2,1-5H3/t12-/m0/s1. The Bertz CT molecular complexity index is 666. The summed E-state index contributed by atoms with van der Waals surface area (Å²) < 4.78 is 1.45. The van der Waals surface area contributed by atoms with E-state index in [4.69, 9.17) is 5.84 Å². The zero-order valence-corrected chi connectivity index (χ0v) is 16.6. The van der Waals surface area contributed by atoms with E-state index in [-0.39, 0.29) is 11.3 Å². The van der Waals surface area contributed by atoms with Crippen LogP contribution in [0, 0.1) is 11.3 Å². The van der Waals surface area contributed by atoms with Crippen molar-refractivity contribution in [2.45, 2.75) is 81.2 Å². The molecule has 0 saturated heterocycles. The van der Waals surface area contributed by atoms with Crippen molar-refractivity contribution in [3.63, 3.8) is 0 Å². The summed E-state index contributed by atoms with van der Waals surface area (Å²) in [6.07, 6.45) is 4.58. The van der Waals surface area contributed by atoms with Crippen LogP contribution in [0.15, 0.2) is 5.16 Å². The van der Waals surface area contributed by atoms with E-state index in [1.165, 1.54) is 16.4 Å². The SMILES string of the molecule is C[C@H](Sc1nnc(C(C)(C)C)n1N)C(=O)N(C)C1(C#N)CCCCC1. The van der Waals surface area contributed by atoms with Crippen molar-refractivity contribution in [3.05, 3.63) is 5.82 Å². The minimum absolute atomic E-state index is 0.0752. The van der Waals surface area contributed by atoms with E-state index in [0.29, 0.717) is 11.0 Å². The lowest BCUT2D eigenvalue weighted by Gasteiger charge is -2.40. The quantitative estimate of drug-likeness (QED) is 0.650. The molecule has 1 aromatic heterocycles. The predicted octanol–water partition coefficient (Wildman–Crippen LogP) is 2.45. The Hall–Kier alpha value is -1.75. The fourth-order valence-corrected chi connectivity index (χ4v) is 4.08. The summed E-state index contributed by atoms with van der Waals surface area (Å²) in [6, 6.07) is 2.39. The van der Waals surface area contributed by atoms with Crippen LogP contribution in [0.1, 0.15) is 65.6 Å². The van der Waals surface area contributed by atoms with Gasteiger partial charge in [0, 0.05) is 12.5 Å². The van der Waals surface area contributed by atoms with E-state index < -0.39 is 10.8 Å². The van der Waals surface area contributed by atoms with Crippen LogP contribution in [0.3, 0.4) is 0 Å². The number of nitriles is 1. The van der Waals surface area contributed by atoms with Crippen molar-refractivity contribution in [3.8, 4) is 6.07 Å². The summed E-state index contributed by atoms with van der Waals surface area (Å²) in [7, 11) is 1.74. The minimum atomic E-state index is -0.683. The summed E-state index contributed by atoms with van der Waals surface area (Å²) in [5, 5.41) is 18.1. The molecule has 1 aliphatic carbocycles. The van der Waals surface area contributed by atoms with Gasteiger partial charge >= 0.3 is 0 Å². The molecule has 2 N–H and O–H groups in total. The van der Waals surface area contributed by atoms with Gasteiger partial charge in [0.2, 0.25) is 11.1 Å². The molecule has 8 heteroatoms. The van der Waals surface area contributed by atoms with Crippen molar-refractivity contribution in [2.75, 3.05) is 12.9 Å². The predicted molar refractivity (Wildman–Crippen MR) is 98.4 cm³/mol. The monoisotopic (exact) mass is 364 g/mol. The van der Waals surface area contributed by atoms with Crippen LogP contribution in [0.4, 0.5) is 0 Å². The Morgan fingerprint density at radius 2 is 1.96 bits per heavy atom. The van der Waals surface area contributed by atoms with Crippen molar-refractivity contribution >= 4 is 17.7 Å². The number of carbonyl (C=O) groups is 1. The third kappa shape index (κ3) is 3.92. The topological polar surface area (TPSA) is 101 Å². The van der Waals surface area contributed by atoms with E-state index in [1.807, 2.05) is 27.7 Å². The van der Waals surface area contributed by atoms with Crippen LogP contribution in [0.5, 0.6) is 0 Å². The van der Waals surface area contributed by atoms with Gasteiger partial charge in [0.25, 0.3) is 0 Å². The van der Waals surface area contributed by atoms with Gasteiger partial charge in [0.15, 0.2) is 5.82 Å². The van der Waals surface area contributed by atoms with Gasteiger partial charge in [-0.05, 0) is 19.8 Å². The van der Waals surface area contributed by atoms with Gasteiger partial charge in [-0.15, -0.1) is 10.2 Å². The molecule has 138 valence electrons. The lowest BCUT2D eigenvalue weighted by atomic mass is 9.81. The van der Waals surface area contributed by atoms with Crippen molar-refractivity contribution in [1.29, 1.82) is 5.26 Å². The lowest BCUT2D eigenvalue weighted by Crippen LogP contribution is -2.52. The van der Waals surface area contributed by atoms with E-state index >= 15 is 0 Å². The highest BCUT2D eigenvalue weighted by Crippen LogP contribution is 2.34. The van der Waals surface area contributed by atoms with Gasteiger partial charge in [-0.3, -0.25) is 4.79 Å². The van der Waals surface area contributed by atoms with Crippen LogP contribution < -0.4 is 5.84 Å². The molecule has 7 nitrogen and oxygen atoms in total. The van der Waals surface area contributed by atoms with E-state index in [0.717, 1.165) is 32.1 Å². The Morgan fingerprint density at radius 3 is 2.44 bits per heavy atom.